The summed E-state index contributed by atoms with van der Waals surface area (Å²) < 4.78 is 6.55. The number of rotatable bonds is 5. The van der Waals surface area contributed by atoms with Gasteiger partial charge in [0.2, 0.25) is 0 Å². The molecule has 0 unspecified atom stereocenters. The van der Waals surface area contributed by atoms with Crippen molar-refractivity contribution in [2.45, 2.75) is 19.3 Å². The fraction of sp³-hybridized carbons (Fsp3) is 0.0566. The van der Waals surface area contributed by atoms with Gasteiger partial charge < -0.3 is 9.32 Å². The Morgan fingerprint density at radius 2 is 1.05 bits per heavy atom. The maximum atomic E-state index is 6.55. The Kier molecular flexibility index (Phi) is 6.93. The summed E-state index contributed by atoms with van der Waals surface area (Å²) in [5.74, 6) is 0. The van der Waals surface area contributed by atoms with Gasteiger partial charge in [-0.2, -0.15) is 0 Å². The maximum Gasteiger partial charge on any atom is 0.143 e. The standard InChI is InChI=1S/C53H37NO/c1-53(2)47-18-8-7-15-44(47)45-17-9-19-48(51(45)53)54(40-28-23-35(24-29-40)39-22-21-34-11-3-4-13-38(34)33-39)41-30-25-37(26-31-41)42-16-10-20-49-50(42)46-32-27-36-12-5-6-14-43(36)52(46)55-49/h3-33H,1-2H3. The fourth-order valence-corrected chi connectivity index (χ4v) is 9.19. The number of hydrogen-bond acceptors (Lipinski definition) is 2. The number of nitrogens with zero attached hydrogens (tertiary/aromatic N) is 1. The van der Waals surface area contributed by atoms with Gasteiger partial charge in [-0.05, 0) is 109 Å². The van der Waals surface area contributed by atoms with E-state index in [4.69, 9.17) is 4.42 Å². The minimum Gasteiger partial charge on any atom is -0.455 e. The van der Waals surface area contributed by atoms with E-state index in [-0.39, 0.29) is 5.41 Å². The topological polar surface area (TPSA) is 16.4 Å². The Morgan fingerprint density at radius 3 is 1.87 bits per heavy atom. The van der Waals surface area contributed by atoms with E-state index in [1.54, 1.807) is 0 Å². The summed E-state index contributed by atoms with van der Waals surface area (Å²) in [6.07, 6.45) is 0. The maximum absolute atomic E-state index is 6.55. The summed E-state index contributed by atoms with van der Waals surface area (Å²) in [6, 6.07) is 68.4. The fourth-order valence-electron chi connectivity index (χ4n) is 9.19. The lowest BCUT2D eigenvalue weighted by atomic mass is 9.81. The molecule has 0 amide bonds. The molecule has 0 atom stereocenters. The van der Waals surface area contributed by atoms with Crippen LogP contribution in [-0.2, 0) is 5.41 Å². The van der Waals surface area contributed by atoms with Crippen LogP contribution in [0.5, 0.6) is 0 Å². The van der Waals surface area contributed by atoms with E-state index >= 15 is 0 Å². The first-order valence-electron chi connectivity index (χ1n) is 19.1. The second-order valence-electron chi connectivity index (χ2n) is 15.3. The third-order valence-corrected chi connectivity index (χ3v) is 11.8. The van der Waals surface area contributed by atoms with E-state index in [1.807, 2.05) is 0 Å². The van der Waals surface area contributed by atoms with Gasteiger partial charge in [-0.15, -0.1) is 0 Å². The summed E-state index contributed by atoms with van der Waals surface area (Å²) >= 11 is 0. The average Bonchev–Trinajstić information content (AvgIpc) is 3.74. The van der Waals surface area contributed by atoms with Crippen LogP contribution in [0, 0.1) is 0 Å². The van der Waals surface area contributed by atoms with Crippen LogP contribution in [-0.4, -0.2) is 0 Å². The molecular formula is C53H37NO. The molecule has 260 valence electrons. The lowest BCUT2D eigenvalue weighted by Crippen LogP contribution is -2.20. The van der Waals surface area contributed by atoms with Crippen molar-refractivity contribution in [1.82, 2.24) is 0 Å². The van der Waals surface area contributed by atoms with Gasteiger partial charge in [0, 0.05) is 32.9 Å². The van der Waals surface area contributed by atoms with Gasteiger partial charge in [0.1, 0.15) is 11.2 Å². The molecule has 9 aromatic carbocycles. The Balaban J connectivity index is 1.06. The van der Waals surface area contributed by atoms with E-state index in [0.29, 0.717) is 0 Å². The number of benzene rings is 9. The van der Waals surface area contributed by atoms with Crippen molar-refractivity contribution in [3.63, 3.8) is 0 Å². The largest absolute Gasteiger partial charge is 0.455 e. The molecule has 10 aromatic rings. The van der Waals surface area contributed by atoms with Crippen LogP contribution in [0.3, 0.4) is 0 Å². The zero-order valence-electron chi connectivity index (χ0n) is 30.8. The minimum absolute atomic E-state index is 0.173. The molecule has 0 spiro atoms. The van der Waals surface area contributed by atoms with Crippen LogP contribution in [0.4, 0.5) is 17.1 Å². The Bertz CT molecular complexity index is 3110. The Morgan fingerprint density at radius 1 is 0.436 bits per heavy atom. The molecule has 0 bridgehead atoms. The molecule has 55 heavy (non-hydrogen) atoms. The van der Waals surface area contributed by atoms with E-state index in [0.717, 1.165) is 44.3 Å². The number of furan rings is 1. The predicted molar refractivity (Wildman–Crippen MR) is 232 cm³/mol. The lowest BCUT2D eigenvalue weighted by Gasteiger charge is -2.32. The number of anilines is 3. The smallest absolute Gasteiger partial charge is 0.143 e. The van der Waals surface area contributed by atoms with Crippen LogP contribution < -0.4 is 4.90 Å². The molecule has 0 fully saturated rings. The summed E-state index contributed by atoms with van der Waals surface area (Å²) in [6.45, 7) is 4.73. The molecule has 2 nitrogen and oxygen atoms in total. The normalized spacial score (nSPS) is 13.1. The zero-order valence-corrected chi connectivity index (χ0v) is 30.8. The average molecular weight is 704 g/mol. The molecule has 0 N–H and O–H groups in total. The molecule has 1 aliphatic carbocycles. The third-order valence-electron chi connectivity index (χ3n) is 11.8. The van der Waals surface area contributed by atoms with Crippen LogP contribution in [0.25, 0.3) is 76.9 Å². The van der Waals surface area contributed by atoms with Gasteiger partial charge in [0.05, 0.1) is 5.69 Å². The summed E-state index contributed by atoms with van der Waals surface area (Å²) in [7, 11) is 0. The highest BCUT2D eigenvalue weighted by molar-refractivity contribution is 6.19. The van der Waals surface area contributed by atoms with Crippen LogP contribution in [0.15, 0.2) is 192 Å². The lowest BCUT2D eigenvalue weighted by molar-refractivity contribution is 0.661. The van der Waals surface area contributed by atoms with Crippen molar-refractivity contribution in [1.29, 1.82) is 0 Å². The first-order valence-corrected chi connectivity index (χ1v) is 19.1. The van der Waals surface area contributed by atoms with E-state index in [9.17, 15) is 0 Å². The quantitative estimate of drug-likeness (QED) is 0.177. The van der Waals surface area contributed by atoms with Crippen LogP contribution in [0.1, 0.15) is 25.0 Å². The SMILES string of the molecule is CC1(C)c2ccccc2-c2cccc(N(c3ccc(-c4ccc5ccccc5c4)cc3)c3ccc(-c4cccc5oc6c7ccccc7ccc6c45)cc3)c21. The number of fused-ring (bicyclic) bond motifs is 9. The van der Waals surface area contributed by atoms with Gasteiger partial charge in [-0.3, -0.25) is 0 Å². The van der Waals surface area contributed by atoms with Crippen molar-refractivity contribution < 1.29 is 4.42 Å². The molecule has 1 heterocycles. The van der Waals surface area contributed by atoms with Crippen molar-refractivity contribution in [2.24, 2.45) is 0 Å². The van der Waals surface area contributed by atoms with Crippen molar-refractivity contribution in [3.8, 4) is 33.4 Å². The number of hydrogen-bond donors (Lipinski definition) is 0. The molecule has 0 aliphatic heterocycles. The van der Waals surface area contributed by atoms with Crippen LogP contribution >= 0.6 is 0 Å². The zero-order chi connectivity index (χ0) is 36.7. The third kappa shape index (κ3) is 4.88. The van der Waals surface area contributed by atoms with Gasteiger partial charge >= 0.3 is 0 Å². The minimum atomic E-state index is -0.173. The molecule has 1 aromatic heterocycles. The first kappa shape index (κ1) is 31.6. The van der Waals surface area contributed by atoms with Gasteiger partial charge in [0.15, 0.2) is 0 Å². The van der Waals surface area contributed by atoms with Crippen molar-refractivity contribution in [2.75, 3.05) is 4.90 Å². The highest BCUT2D eigenvalue weighted by Crippen LogP contribution is 2.54. The summed E-state index contributed by atoms with van der Waals surface area (Å²) in [4.78, 5) is 2.44. The molecule has 0 saturated carbocycles. The van der Waals surface area contributed by atoms with Gasteiger partial charge in [-0.1, -0.05) is 153 Å². The summed E-state index contributed by atoms with van der Waals surface area (Å²) in [5, 5.41) is 7.12. The Labute approximate surface area is 320 Å². The molecule has 0 radical (unpaired) electrons. The Hall–Kier alpha value is -6.90. The van der Waals surface area contributed by atoms with E-state index in [1.165, 1.54) is 60.8 Å². The predicted octanol–water partition coefficient (Wildman–Crippen LogP) is 15.0. The van der Waals surface area contributed by atoms with Crippen LogP contribution in [0.2, 0.25) is 0 Å². The molecule has 11 rings (SSSR count). The van der Waals surface area contributed by atoms with E-state index < -0.39 is 0 Å². The van der Waals surface area contributed by atoms with Gasteiger partial charge in [-0.25, -0.2) is 0 Å². The summed E-state index contributed by atoms with van der Waals surface area (Å²) in [5.41, 5.74) is 15.2. The second kappa shape index (κ2) is 12.1. The van der Waals surface area contributed by atoms with Crippen molar-refractivity contribution in [3.05, 3.63) is 199 Å². The van der Waals surface area contributed by atoms with E-state index in [2.05, 4.69) is 207 Å². The van der Waals surface area contributed by atoms with Gasteiger partial charge in [0.25, 0.3) is 0 Å². The molecule has 2 heteroatoms. The highest BCUT2D eigenvalue weighted by atomic mass is 16.3. The van der Waals surface area contributed by atoms with Crippen molar-refractivity contribution >= 4 is 60.5 Å². The molecule has 1 aliphatic rings. The molecule has 0 saturated heterocycles. The second-order valence-corrected chi connectivity index (χ2v) is 15.3. The first-order chi connectivity index (χ1) is 27.0. The monoisotopic (exact) mass is 703 g/mol. The highest BCUT2D eigenvalue weighted by Gasteiger charge is 2.38. The molecular weight excluding hydrogens is 667 g/mol.